The highest BCUT2D eigenvalue weighted by molar-refractivity contribution is 5.94. The highest BCUT2D eigenvalue weighted by Gasteiger charge is 2.31. The van der Waals surface area contributed by atoms with Crippen LogP contribution in [0, 0.1) is 11.3 Å². The number of hydrogen-bond donors (Lipinski definition) is 1. The van der Waals surface area contributed by atoms with E-state index >= 15 is 0 Å². The molecule has 1 fully saturated rings. The predicted octanol–water partition coefficient (Wildman–Crippen LogP) is 4.03. The molecule has 0 spiro atoms. The SMILES string of the molecule is CC(C)COc1ccc(C(=O)NC2CCC(C)(C)C2)cc1. The summed E-state index contributed by atoms with van der Waals surface area (Å²) in [6.45, 7) is 9.46. The molecule has 0 aromatic heterocycles. The maximum absolute atomic E-state index is 12.2. The molecule has 1 saturated carbocycles. The Morgan fingerprint density at radius 1 is 1.33 bits per heavy atom. The number of amides is 1. The molecular weight excluding hydrogens is 262 g/mol. The van der Waals surface area contributed by atoms with Gasteiger partial charge in [-0.15, -0.1) is 0 Å². The van der Waals surface area contributed by atoms with Gasteiger partial charge in [0.2, 0.25) is 0 Å². The maximum atomic E-state index is 12.2. The van der Waals surface area contributed by atoms with Crippen LogP contribution in [0.4, 0.5) is 0 Å². The number of carbonyl (C=O) groups excluding carboxylic acids is 1. The van der Waals surface area contributed by atoms with Crippen molar-refractivity contribution in [3.05, 3.63) is 29.8 Å². The first kappa shape index (κ1) is 15.9. The Morgan fingerprint density at radius 3 is 2.52 bits per heavy atom. The molecule has 0 bridgehead atoms. The molecule has 0 radical (unpaired) electrons. The molecule has 0 saturated heterocycles. The van der Waals surface area contributed by atoms with Crippen molar-refractivity contribution >= 4 is 5.91 Å². The monoisotopic (exact) mass is 289 g/mol. The van der Waals surface area contributed by atoms with Crippen LogP contribution in [0.1, 0.15) is 57.3 Å². The van der Waals surface area contributed by atoms with Crippen LogP contribution in [0.2, 0.25) is 0 Å². The molecule has 3 nitrogen and oxygen atoms in total. The van der Waals surface area contributed by atoms with Crippen LogP contribution in [0.25, 0.3) is 0 Å². The van der Waals surface area contributed by atoms with Crippen LogP contribution >= 0.6 is 0 Å². The second-order valence-corrected chi connectivity index (χ2v) is 7.31. The number of carbonyl (C=O) groups is 1. The van der Waals surface area contributed by atoms with Gasteiger partial charge in [0.15, 0.2) is 0 Å². The molecule has 116 valence electrons. The summed E-state index contributed by atoms with van der Waals surface area (Å²) in [4.78, 5) is 12.2. The quantitative estimate of drug-likeness (QED) is 0.888. The third-order valence-electron chi connectivity index (χ3n) is 4.00. The van der Waals surface area contributed by atoms with E-state index in [2.05, 4.69) is 33.0 Å². The maximum Gasteiger partial charge on any atom is 0.251 e. The first-order valence-corrected chi connectivity index (χ1v) is 7.89. The van der Waals surface area contributed by atoms with E-state index in [1.54, 1.807) is 0 Å². The van der Waals surface area contributed by atoms with Gasteiger partial charge in [0, 0.05) is 11.6 Å². The van der Waals surface area contributed by atoms with Gasteiger partial charge in [-0.2, -0.15) is 0 Å². The summed E-state index contributed by atoms with van der Waals surface area (Å²) in [6, 6.07) is 7.73. The summed E-state index contributed by atoms with van der Waals surface area (Å²) in [5.41, 5.74) is 1.06. The van der Waals surface area contributed by atoms with Crippen molar-refractivity contribution in [1.29, 1.82) is 0 Å². The average Bonchev–Trinajstić information content (AvgIpc) is 2.76. The number of nitrogens with one attached hydrogen (secondary N) is 1. The number of benzene rings is 1. The lowest BCUT2D eigenvalue weighted by molar-refractivity contribution is 0.0936. The molecule has 2 rings (SSSR count). The summed E-state index contributed by atoms with van der Waals surface area (Å²) in [5, 5.41) is 3.14. The van der Waals surface area contributed by atoms with Gasteiger partial charge in [0.05, 0.1) is 6.61 Å². The molecule has 1 atom stereocenters. The Bertz CT molecular complexity index is 476. The molecule has 0 aliphatic heterocycles. The molecule has 1 aliphatic rings. The van der Waals surface area contributed by atoms with Crippen molar-refractivity contribution in [3.8, 4) is 5.75 Å². The molecule has 1 aliphatic carbocycles. The summed E-state index contributed by atoms with van der Waals surface area (Å²) in [6.07, 6.45) is 3.32. The lowest BCUT2D eigenvalue weighted by atomic mass is 9.92. The summed E-state index contributed by atoms with van der Waals surface area (Å²) in [7, 11) is 0. The number of hydrogen-bond acceptors (Lipinski definition) is 2. The smallest absolute Gasteiger partial charge is 0.251 e. The zero-order valence-electron chi connectivity index (χ0n) is 13.6. The zero-order valence-corrected chi connectivity index (χ0v) is 13.6. The predicted molar refractivity (Wildman–Crippen MR) is 85.7 cm³/mol. The van der Waals surface area contributed by atoms with Crippen LogP contribution in [0.3, 0.4) is 0 Å². The highest BCUT2D eigenvalue weighted by Crippen LogP contribution is 2.36. The minimum atomic E-state index is 0.0214. The van der Waals surface area contributed by atoms with E-state index in [0.717, 1.165) is 18.6 Å². The Labute approximate surface area is 128 Å². The summed E-state index contributed by atoms with van der Waals surface area (Å²) < 4.78 is 5.63. The standard InChI is InChI=1S/C18H27NO2/c1-13(2)12-21-16-7-5-14(6-8-16)17(20)19-15-9-10-18(3,4)11-15/h5-8,13,15H,9-12H2,1-4H3,(H,19,20). The van der Waals surface area contributed by atoms with Gasteiger partial charge in [-0.3, -0.25) is 4.79 Å². The van der Waals surface area contributed by atoms with Crippen molar-refractivity contribution in [2.75, 3.05) is 6.61 Å². The minimum Gasteiger partial charge on any atom is -0.493 e. The molecule has 21 heavy (non-hydrogen) atoms. The van der Waals surface area contributed by atoms with E-state index in [1.807, 2.05) is 24.3 Å². The van der Waals surface area contributed by atoms with E-state index in [4.69, 9.17) is 4.74 Å². The van der Waals surface area contributed by atoms with Crippen molar-refractivity contribution in [2.45, 2.75) is 53.0 Å². The first-order chi connectivity index (χ1) is 9.85. The third-order valence-corrected chi connectivity index (χ3v) is 4.00. The lowest BCUT2D eigenvalue weighted by Crippen LogP contribution is -2.33. The van der Waals surface area contributed by atoms with Gasteiger partial charge in [0.25, 0.3) is 5.91 Å². The lowest BCUT2D eigenvalue weighted by Gasteiger charge is -2.18. The Kier molecular flexibility index (Phi) is 4.92. The Hall–Kier alpha value is -1.51. The summed E-state index contributed by atoms with van der Waals surface area (Å²) in [5.74, 6) is 1.34. The highest BCUT2D eigenvalue weighted by atomic mass is 16.5. The van der Waals surface area contributed by atoms with E-state index < -0.39 is 0 Å². The molecule has 1 aromatic carbocycles. The van der Waals surface area contributed by atoms with Crippen LogP contribution in [-0.4, -0.2) is 18.6 Å². The van der Waals surface area contributed by atoms with Gasteiger partial charge in [-0.1, -0.05) is 27.7 Å². The van der Waals surface area contributed by atoms with Crippen molar-refractivity contribution in [1.82, 2.24) is 5.32 Å². The molecule has 1 amide bonds. The van der Waals surface area contributed by atoms with E-state index in [-0.39, 0.29) is 5.91 Å². The van der Waals surface area contributed by atoms with Crippen molar-refractivity contribution in [3.63, 3.8) is 0 Å². The van der Waals surface area contributed by atoms with Crippen LogP contribution in [0.15, 0.2) is 24.3 Å². The van der Waals surface area contributed by atoms with E-state index in [1.165, 1.54) is 6.42 Å². The number of rotatable bonds is 5. The second kappa shape index (κ2) is 6.50. The van der Waals surface area contributed by atoms with Crippen LogP contribution in [-0.2, 0) is 0 Å². The fraction of sp³-hybridized carbons (Fsp3) is 0.611. The molecule has 1 aromatic rings. The molecule has 3 heteroatoms. The Morgan fingerprint density at radius 2 is 2.00 bits per heavy atom. The molecular formula is C18H27NO2. The van der Waals surface area contributed by atoms with Gasteiger partial charge in [0.1, 0.15) is 5.75 Å². The Balaban J connectivity index is 1.88. The topological polar surface area (TPSA) is 38.3 Å². The van der Waals surface area contributed by atoms with E-state index in [0.29, 0.717) is 29.5 Å². The fourth-order valence-electron chi connectivity index (χ4n) is 2.79. The van der Waals surface area contributed by atoms with Crippen molar-refractivity contribution < 1.29 is 9.53 Å². The molecule has 0 heterocycles. The average molecular weight is 289 g/mol. The third kappa shape index (κ3) is 4.76. The van der Waals surface area contributed by atoms with Crippen LogP contribution in [0.5, 0.6) is 5.75 Å². The largest absolute Gasteiger partial charge is 0.493 e. The first-order valence-electron chi connectivity index (χ1n) is 7.89. The normalized spacial score (nSPS) is 20.5. The zero-order chi connectivity index (χ0) is 15.5. The molecule has 1 unspecified atom stereocenters. The van der Waals surface area contributed by atoms with Crippen molar-refractivity contribution in [2.24, 2.45) is 11.3 Å². The van der Waals surface area contributed by atoms with Gasteiger partial charge in [-0.25, -0.2) is 0 Å². The number of ether oxygens (including phenoxy) is 1. The van der Waals surface area contributed by atoms with Gasteiger partial charge in [-0.05, 0) is 54.9 Å². The van der Waals surface area contributed by atoms with Gasteiger partial charge >= 0.3 is 0 Å². The second-order valence-electron chi connectivity index (χ2n) is 7.31. The fourth-order valence-corrected chi connectivity index (χ4v) is 2.79. The van der Waals surface area contributed by atoms with E-state index in [9.17, 15) is 4.79 Å². The van der Waals surface area contributed by atoms with Crippen LogP contribution < -0.4 is 10.1 Å². The van der Waals surface area contributed by atoms with Gasteiger partial charge < -0.3 is 10.1 Å². The molecule has 1 N–H and O–H groups in total. The summed E-state index contributed by atoms with van der Waals surface area (Å²) >= 11 is 0. The minimum absolute atomic E-state index is 0.0214.